The lowest BCUT2D eigenvalue weighted by Gasteiger charge is -2.31. The summed E-state index contributed by atoms with van der Waals surface area (Å²) in [7, 11) is 0. The summed E-state index contributed by atoms with van der Waals surface area (Å²) in [5.41, 5.74) is 2.08. The molecule has 0 spiro atoms. The number of hydrogen-bond donors (Lipinski definition) is 1. The van der Waals surface area contributed by atoms with Gasteiger partial charge in [0.1, 0.15) is 0 Å². The first-order chi connectivity index (χ1) is 15.4. The second kappa shape index (κ2) is 9.63. The van der Waals surface area contributed by atoms with Gasteiger partial charge in [-0.3, -0.25) is 14.4 Å². The van der Waals surface area contributed by atoms with Gasteiger partial charge in [-0.1, -0.05) is 29.8 Å². The first-order valence-electron chi connectivity index (χ1n) is 10.3. The number of benzene rings is 2. The highest BCUT2D eigenvalue weighted by atomic mass is 35.5. The number of aryl methyl sites for hydroxylation is 1. The Morgan fingerprint density at radius 3 is 2.31 bits per heavy atom. The van der Waals surface area contributed by atoms with E-state index in [1.54, 1.807) is 53.4 Å². The van der Waals surface area contributed by atoms with Gasteiger partial charge >= 0.3 is 0 Å². The molecule has 0 radical (unpaired) electrons. The fraction of sp³-hybridized carbons (Fsp3) is 0.250. The van der Waals surface area contributed by atoms with Crippen LogP contribution in [0.4, 0.5) is 5.13 Å². The van der Waals surface area contributed by atoms with Gasteiger partial charge in [0.2, 0.25) is 5.91 Å². The first kappa shape index (κ1) is 22.2. The van der Waals surface area contributed by atoms with Crippen LogP contribution in [0, 0.1) is 12.8 Å². The topological polar surface area (TPSA) is 79.4 Å². The summed E-state index contributed by atoms with van der Waals surface area (Å²) in [6.07, 6.45) is 1.13. The van der Waals surface area contributed by atoms with E-state index in [2.05, 4.69) is 10.3 Å². The molecule has 8 heteroatoms. The SMILES string of the molecule is Cc1csc(NC(=O)C2CCN(C(=O)c3ccccc3C(=O)c3ccc(Cl)cc3)CC2)n1. The number of carbonyl (C=O) groups is 3. The first-order valence-corrected chi connectivity index (χ1v) is 11.6. The molecule has 32 heavy (non-hydrogen) atoms. The molecule has 6 nitrogen and oxygen atoms in total. The number of thiazole rings is 1. The Balaban J connectivity index is 1.43. The second-order valence-electron chi connectivity index (χ2n) is 7.73. The van der Waals surface area contributed by atoms with E-state index in [0.717, 1.165) is 5.69 Å². The molecule has 3 aromatic rings. The number of carbonyl (C=O) groups excluding carboxylic acids is 3. The molecule has 0 unspecified atom stereocenters. The molecule has 0 aliphatic carbocycles. The molecular weight excluding hydrogens is 446 g/mol. The molecule has 0 atom stereocenters. The zero-order chi connectivity index (χ0) is 22.7. The zero-order valence-corrected chi connectivity index (χ0v) is 19.1. The number of nitrogens with one attached hydrogen (secondary N) is 1. The number of halogens is 1. The van der Waals surface area contributed by atoms with Crippen LogP contribution in [0.3, 0.4) is 0 Å². The molecule has 1 aromatic heterocycles. The van der Waals surface area contributed by atoms with Crippen molar-refractivity contribution >= 4 is 45.7 Å². The number of amides is 2. The van der Waals surface area contributed by atoms with E-state index in [4.69, 9.17) is 11.6 Å². The van der Waals surface area contributed by atoms with E-state index in [9.17, 15) is 14.4 Å². The highest BCUT2D eigenvalue weighted by Crippen LogP contribution is 2.24. The van der Waals surface area contributed by atoms with E-state index in [-0.39, 0.29) is 23.5 Å². The molecule has 164 valence electrons. The predicted molar refractivity (Wildman–Crippen MR) is 125 cm³/mol. The van der Waals surface area contributed by atoms with Crippen LogP contribution in [0.1, 0.15) is 44.8 Å². The summed E-state index contributed by atoms with van der Waals surface area (Å²) >= 11 is 7.32. The van der Waals surface area contributed by atoms with Crippen molar-refractivity contribution in [3.05, 3.63) is 81.3 Å². The lowest BCUT2D eigenvalue weighted by Crippen LogP contribution is -2.41. The van der Waals surface area contributed by atoms with Crippen molar-refractivity contribution in [2.45, 2.75) is 19.8 Å². The lowest BCUT2D eigenvalue weighted by molar-refractivity contribution is -0.121. The molecule has 1 aliphatic rings. The van der Waals surface area contributed by atoms with E-state index in [1.165, 1.54) is 11.3 Å². The third kappa shape index (κ3) is 4.89. The fourth-order valence-corrected chi connectivity index (χ4v) is 4.58. The Bertz CT molecular complexity index is 1150. The Kier molecular flexibility index (Phi) is 6.67. The van der Waals surface area contributed by atoms with Crippen molar-refractivity contribution in [1.29, 1.82) is 0 Å². The average molecular weight is 468 g/mol. The highest BCUT2D eigenvalue weighted by molar-refractivity contribution is 7.13. The lowest BCUT2D eigenvalue weighted by atomic mass is 9.94. The molecule has 4 rings (SSSR count). The summed E-state index contributed by atoms with van der Waals surface area (Å²) in [5.74, 6) is -0.657. The van der Waals surface area contributed by atoms with Crippen molar-refractivity contribution in [1.82, 2.24) is 9.88 Å². The number of hydrogen-bond acceptors (Lipinski definition) is 5. The molecule has 1 N–H and O–H groups in total. The highest BCUT2D eigenvalue weighted by Gasteiger charge is 2.30. The van der Waals surface area contributed by atoms with Gasteiger partial charge in [0, 0.05) is 40.5 Å². The number of piperidine rings is 1. The second-order valence-corrected chi connectivity index (χ2v) is 9.03. The minimum absolute atomic E-state index is 0.0650. The van der Waals surface area contributed by atoms with Gasteiger partial charge in [-0.05, 0) is 50.1 Å². The summed E-state index contributed by atoms with van der Waals surface area (Å²) in [4.78, 5) is 44.8. The maximum Gasteiger partial charge on any atom is 0.254 e. The molecule has 0 saturated carbocycles. The number of nitrogens with zero attached hydrogens (tertiary/aromatic N) is 2. The van der Waals surface area contributed by atoms with Crippen molar-refractivity contribution in [2.75, 3.05) is 18.4 Å². The molecule has 1 aliphatic heterocycles. The van der Waals surface area contributed by atoms with Crippen LogP contribution in [0.5, 0.6) is 0 Å². The van der Waals surface area contributed by atoms with Gasteiger partial charge in [-0.2, -0.15) is 0 Å². The molecular formula is C24H22ClN3O3S. The maximum absolute atomic E-state index is 13.2. The maximum atomic E-state index is 13.2. The molecule has 2 amide bonds. The van der Waals surface area contributed by atoms with Gasteiger partial charge in [0.25, 0.3) is 5.91 Å². The monoisotopic (exact) mass is 467 g/mol. The van der Waals surface area contributed by atoms with E-state index in [0.29, 0.717) is 52.8 Å². The molecule has 2 heterocycles. The molecule has 1 fully saturated rings. The Labute approximate surface area is 195 Å². The van der Waals surface area contributed by atoms with Crippen molar-refractivity contribution < 1.29 is 14.4 Å². The van der Waals surface area contributed by atoms with Crippen molar-refractivity contribution in [3.63, 3.8) is 0 Å². The van der Waals surface area contributed by atoms with Crippen LogP contribution in [0.25, 0.3) is 0 Å². The van der Waals surface area contributed by atoms with Crippen molar-refractivity contribution in [3.8, 4) is 0 Å². The summed E-state index contributed by atoms with van der Waals surface area (Å²) in [6, 6.07) is 13.5. The fourth-order valence-electron chi connectivity index (χ4n) is 3.76. The Hall–Kier alpha value is -3.03. The van der Waals surface area contributed by atoms with Gasteiger partial charge in [-0.15, -0.1) is 11.3 Å². The van der Waals surface area contributed by atoms with Crippen LogP contribution >= 0.6 is 22.9 Å². The van der Waals surface area contributed by atoms with Crippen LogP contribution < -0.4 is 5.32 Å². The Morgan fingerprint density at radius 2 is 1.69 bits per heavy atom. The summed E-state index contributed by atoms with van der Waals surface area (Å²) < 4.78 is 0. The normalized spacial score (nSPS) is 14.2. The third-order valence-electron chi connectivity index (χ3n) is 5.51. The number of likely N-dealkylation sites (tertiary alicyclic amines) is 1. The average Bonchev–Trinajstić information content (AvgIpc) is 3.23. The van der Waals surface area contributed by atoms with Gasteiger partial charge < -0.3 is 10.2 Å². The van der Waals surface area contributed by atoms with Gasteiger partial charge in [0.05, 0.1) is 11.3 Å². The van der Waals surface area contributed by atoms with Crippen LogP contribution in [0.15, 0.2) is 53.9 Å². The van der Waals surface area contributed by atoms with Gasteiger partial charge in [0.15, 0.2) is 10.9 Å². The minimum Gasteiger partial charge on any atom is -0.339 e. The minimum atomic E-state index is -0.223. The number of ketones is 1. The molecule has 0 bridgehead atoms. The van der Waals surface area contributed by atoms with Crippen LogP contribution in [-0.4, -0.2) is 40.6 Å². The van der Waals surface area contributed by atoms with E-state index < -0.39 is 0 Å². The zero-order valence-electron chi connectivity index (χ0n) is 17.5. The van der Waals surface area contributed by atoms with Crippen LogP contribution in [0.2, 0.25) is 5.02 Å². The van der Waals surface area contributed by atoms with Gasteiger partial charge in [-0.25, -0.2) is 4.98 Å². The molecule has 1 saturated heterocycles. The summed E-state index contributed by atoms with van der Waals surface area (Å²) in [6.45, 7) is 2.79. The Morgan fingerprint density at radius 1 is 1.03 bits per heavy atom. The molecule has 2 aromatic carbocycles. The van der Waals surface area contributed by atoms with Crippen molar-refractivity contribution in [2.24, 2.45) is 5.92 Å². The standard InChI is InChI=1S/C24H22ClN3O3S/c1-15-14-32-24(26-15)27-22(30)17-10-12-28(13-11-17)23(31)20-5-3-2-4-19(20)21(29)16-6-8-18(25)9-7-16/h2-9,14,17H,10-13H2,1H3,(H,26,27,30). The quantitative estimate of drug-likeness (QED) is 0.545. The number of aromatic nitrogens is 1. The number of rotatable bonds is 5. The predicted octanol–water partition coefficient (Wildman–Crippen LogP) is 4.83. The van der Waals surface area contributed by atoms with Crippen LogP contribution in [-0.2, 0) is 4.79 Å². The smallest absolute Gasteiger partial charge is 0.254 e. The largest absolute Gasteiger partial charge is 0.339 e. The third-order valence-corrected chi connectivity index (χ3v) is 6.64. The van der Waals surface area contributed by atoms with E-state index in [1.807, 2.05) is 12.3 Å². The summed E-state index contributed by atoms with van der Waals surface area (Å²) in [5, 5.41) is 5.90. The number of anilines is 1. The van der Waals surface area contributed by atoms with E-state index >= 15 is 0 Å².